The zero-order chi connectivity index (χ0) is 14.7. The molecule has 0 bridgehead atoms. The van der Waals surface area contributed by atoms with Crippen LogP contribution in [0.5, 0.6) is 0 Å². The van der Waals surface area contributed by atoms with E-state index in [1.54, 1.807) is 17.9 Å². The maximum atomic E-state index is 12.4. The van der Waals surface area contributed by atoms with Crippen LogP contribution in [0.3, 0.4) is 0 Å². The number of hydrogen-bond donors (Lipinski definition) is 1. The number of carbonyl (C=O) groups is 1. The molecule has 20 heavy (non-hydrogen) atoms. The van der Waals surface area contributed by atoms with E-state index in [9.17, 15) is 14.9 Å². The standard InChI is InChI=1S/C14H19N3O3/c1-10-7-11(9-13(8-10)17(19)20)14(18)16-5-3-12(15-2)4-6-16/h7-9,12,15H,3-6H2,1-2H3. The fourth-order valence-corrected chi connectivity index (χ4v) is 2.55. The number of piperidine rings is 1. The second-order valence-corrected chi connectivity index (χ2v) is 5.17. The number of carbonyl (C=O) groups excluding carboxylic acids is 1. The van der Waals surface area contributed by atoms with Gasteiger partial charge in [0.2, 0.25) is 0 Å². The van der Waals surface area contributed by atoms with Crippen LogP contribution in [0.25, 0.3) is 0 Å². The van der Waals surface area contributed by atoms with Crippen molar-refractivity contribution in [2.24, 2.45) is 0 Å². The Labute approximate surface area is 117 Å². The van der Waals surface area contributed by atoms with Gasteiger partial charge in [-0.1, -0.05) is 0 Å². The molecule has 2 rings (SSSR count). The Hall–Kier alpha value is -1.95. The first kappa shape index (κ1) is 14.5. The minimum Gasteiger partial charge on any atom is -0.339 e. The molecule has 1 saturated heterocycles. The van der Waals surface area contributed by atoms with Crippen molar-refractivity contribution < 1.29 is 9.72 Å². The number of rotatable bonds is 3. The van der Waals surface area contributed by atoms with E-state index in [4.69, 9.17) is 0 Å². The molecule has 1 aromatic carbocycles. The van der Waals surface area contributed by atoms with Gasteiger partial charge in [0.1, 0.15) is 0 Å². The predicted octanol–water partition coefficient (Wildman–Crippen LogP) is 1.73. The van der Waals surface area contributed by atoms with Gasteiger partial charge in [-0.3, -0.25) is 14.9 Å². The van der Waals surface area contributed by atoms with Crippen LogP contribution in [0.1, 0.15) is 28.8 Å². The van der Waals surface area contributed by atoms with Crippen molar-refractivity contribution >= 4 is 11.6 Å². The van der Waals surface area contributed by atoms with Gasteiger partial charge in [-0.15, -0.1) is 0 Å². The molecule has 0 atom stereocenters. The minimum atomic E-state index is -0.461. The summed E-state index contributed by atoms with van der Waals surface area (Å²) in [5, 5.41) is 14.1. The number of nitrogens with one attached hydrogen (secondary N) is 1. The van der Waals surface area contributed by atoms with Crippen LogP contribution < -0.4 is 5.32 Å². The van der Waals surface area contributed by atoms with Crippen molar-refractivity contribution in [3.05, 3.63) is 39.4 Å². The van der Waals surface area contributed by atoms with Crippen molar-refractivity contribution in [3.63, 3.8) is 0 Å². The highest BCUT2D eigenvalue weighted by atomic mass is 16.6. The SMILES string of the molecule is CNC1CCN(C(=O)c2cc(C)cc([N+](=O)[O-])c2)CC1. The van der Waals surface area contributed by atoms with Crippen LogP contribution in [-0.2, 0) is 0 Å². The molecule has 1 amide bonds. The molecule has 108 valence electrons. The number of likely N-dealkylation sites (tertiary alicyclic amines) is 1. The number of hydrogen-bond acceptors (Lipinski definition) is 4. The molecule has 0 radical (unpaired) electrons. The number of benzene rings is 1. The predicted molar refractivity (Wildman–Crippen MR) is 75.8 cm³/mol. The highest BCUT2D eigenvalue weighted by Crippen LogP contribution is 2.20. The Kier molecular flexibility index (Phi) is 4.34. The number of non-ortho nitro benzene ring substituents is 1. The average Bonchev–Trinajstić information content (AvgIpc) is 2.46. The van der Waals surface area contributed by atoms with Crippen molar-refractivity contribution in [1.29, 1.82) is 0 Å². The van der Waals surface area contributed by atoms with E-state index in [1.807, 2.05) is 7.05 Å². The van der Waals surface area contributed by atoms with Crippen molar-refractivity contribution in [2.45, 2.75) is 25.8 Å². The first-order valence-corrected chi connectivity index (χ1v) is 6.74. The lowest BCUT2D eigenvalue weighted by atomic mass is 10.0. The van der Waals surface area contributed by atoms with Gasteiger partial charge in [0.25, 0.3) is 11.6 Å². The zero-order valence-corrected chi connectivity index (χ0v) is 11.8. The van der Waals surface area contributed by atoms with Crippen LogP contribution >= 0.6 is 0 Å². The van der Waals surface area contributed by atoms with Gasteiger partial charge in [0.15, 0.2) is 0 Å². The van der Waals surface area contributed by atoms with Crippen molar-refractivity contribution in [1.82, 2.24) is 10.2 Å². The Morgan fingerprint density at radius 3 is 2.55 bits per heavy atom. The third kappa shape index (κ3) is 3.14. The molecule has 6 heteroatoms. The van der Waals surface area contributed by atoms with E-state index in [1.165, 1.54) is 12.1 Å². The van der Waals surface area contributed by atoms with E-state index in [-0.39, 0.29) is 11.6 Å². The van der Waals surface area contributed by atoms with Crippen LogP contribution in [0, 0.1) is 17.0 Å². The molecule has 0 aromatic heterocycles. The number of nitro groups is 1. The molecule has 1 fully saturated rings. The molecule has 1 heterocycles. The number of aryl methyl sites for hydroxylation is 1. The Balaban J connectivity index is 2.15. The Bertz CT molecular complexity index is 522. The molecular formula is C14H19N3O3. The smallest absolute Gasteiger partial charge is 0.270 e. The Morgan fingerprint density at radius 1 is 1.35 bits per heavy atom. The molecule has 0 saturated carbocycles. The van der Waals surface area contributed by atoms with E-state index in [0.717, 1.165) is 18.4 Å². The maximum Gasteiger partial charge on any atom is 0.270 e. The summed E-state index contributed by atoms with van der Waals surface area (Å²) in [5.74, 6) is -0.119. The highest BCUT2D eigenvalue weighted by Gasteiger charge is 2.24. The lowest BCUT2D eigenvalue weighted by Gasteiger charge is -2.31. The van der Waals surface area contributed by atoms with Crippen molar-refractivity contribution in [3.8, 4) is 0 Å². The van der Waals surface area contributed by atoms with Gasteiger partial charge < -0.3 is 10.2 Å². The van der Waals surface area contributed by atoms with Crippen LogP contribution in [0.15, 0.2) is 18.2 Å². The average molecular weight is 277 g/mol. The van der Waals surface area contributed by atoms with Crippen LogP contribution in [-0.4, -0.2) is 41.9 Å². The molecule has 1 aliphatic heterocycles. The van der Waals surface area contributed by atoms with Gasteiger partial charge in [0, 0.05) is 36.8 Å². The number of nitro benzene ring substituents is 1. The summed E-state index contributed by atoms with van der Waals surface area (Å²) in [6.45, 7) is 3.13. The quantitative estimate of drug-likeness (QED) is 0.674. The highest BCUT2D eigenvalue weighted by molar-refractivity contribution is 5.95. The molecule has 0 aliphatic carbocycles. The van der Waals surface area contributed by atoms with Gasteiger partial charge >= 0.3 is 0 Å². The third-order valence-corrected chi connectivity index (χ3v) is 3.71. The summed E-state index contributed by atoms with van der Waals surface area (Å²) in [5.41, 5.74) is 1.10. The molecule has 1 N–H and O–H groups in total. The maximum absolute atomic E-state index is 12.4. The molecule has 1 aromatic rings. The van der Waals surface area contributed by atoms with Gasteiger partial charge in [0.05, 0.1) is 4.92 Å². The van der Waals surface area contributed by atoms with Crippen LogP contribution in [0.2, 0.25) is 0 Å². The lowest BCUT2D eigenvalue weighted by molar-refractivity contribution is -0.384. The van der Waals surface area contributed by atoms with E-state index < -0.39 is 4.92 Å². The van der Waals surface area contributed by atoms with E-state index in [2.05, 4.69) is 5.32 Å². The van der Waals surface area contributed by atoms with E-state index >= 15 is 0 Å². The summed E-state index contributed by atoms with van der Waals surface area (Å²) in [7, 11) is 1.92. The molecule has 6 nitrogen and oxygen atoms in total. The molecular weight excluding hydrogens is 258 g/mol. The summed E-state index contributed by atoms with van der Waals surface area (Å²) in [4.78, 5) is 24.6. The zero-order valence-electron chi connectivity index (χ0n) is 11.8. The van der Waals surface area contributed by atoms with Crippen molar-refractivity contribution in [2.75, 3.05) is 20.1 Å². The third-order valence-electron chi connectivity index (χ3n) is 3.71. The number of nitrogens with zero attached hydrogens (tertiary/aromatic N) is 2. The topological polar surface area (TPSA) is 75.5 Å². The second-order valence-electron chi connectivity index (χ2n) is 5.17. The lowest BCUT2D eigenvalue weighted by Crippen LogP contribution is -2.43. The fraction of sp³-hybridized carbons (Fsp3) is 0.500. The molecule has 0 unspecified atom stereocenters. The number of amides is 1. The summed E-state index contributed by atoms with van der Waals surface area (Å²) < 4.78 is 0. The fourth-order valence-electron chi connectivity index (χ4n) is 2.55. The largest absolute Gasteiger partial charge is 0.339 e. The molecule has 1 aliphatic rings. The molecule has 0 spiro atoms. The monoisotopic (exact) mass is 277 g/mol. The van der Waals surface area contributed by atoms with Gasteiger partial charge in [-0.25, -0.2) is 0 Å². The summed E-state index contributed by atoms with van der Waals surface area (Å²) in [6, 6.07) is 4.99. The summed E-state index contributed by atoms with van der Waals surface area (Å²) in [6.07, 6.45) is 1.83. The first-order chi connectivity index (χ1) is 9.51. The Morgan fingerprint density at radius 2 is 2.00 bits per heavy atom. The normalized spacial score (nSPS) is 16.2. The first-order valence-electron chi connectivity index (χ1n) is 6.74. The van der Waals surface area contributed by atoms with Gasteiger partial charge in [-0.2, -0.15) is 0 Å². The summed E-state index contributed by atoms with van der Waals surface area (Å²) >= 11 is 0. The minimum absolute atomic E-state index is 0.0292. The van der Waals surface area contributed by atoms with Crippen LogP contribution in [0.4, 0.5) is 5.69 Å². The second kappa shape index (κ2) is 6.00. The van der Waals surface area contributed by atoms with E-state index in [0.29, 0.717) is 24.7 Å². The van der Waals surface area contributed by atoms with Gasteiger partial charge in [-0.05, 0) is 38.4 Å².